The quantitative estimate of drug-likeness (QED) is 0.912. The number of carbonyl (C=O) groups is 1. The molecule has 102 valence electrons. The first-order valence-corrected chi connectivity index (χ1v) is 7.83. The van der Waals surface area contributed by atoms with Gasteiger partial charge in [0.05, 0.1) is 12.1 Å². The predicted molar refractivity (Wildman–Crippen MR) is 76.6 cm³/mol. The van der Waals surface area contributed by atoms with Crippen molar-refractivity contribution in [1.29, 1.82) is 0 Å². The summed E-state index contributed by atoms with van der Waals surface area (Å²) in [5, 5.41) is 5.40. The summed E-state index contributed by atoms with van der Waals surface area (Å²) in [6.07, 6.45) is 8.65. The largest absolute Gasteiger partial charge is 0.316 e. The summed E-state index contributed by atoms with van der Waals surface area (Å²) in [5.41, 5.74) is 0.901. The number of piperidine rings is 1. The van der Waals surface area contributed by atoms with E-state index >= 15 is 0 Å². The zero-order chi connectivity index (χ0) is 13.1. The van der Waals surface area contributed by atoms with Gasteiger partial charge >= 0.3 is 0 Å². The van der Waals surface area contributed by atoms with Crippen LogP contribution in [0.4, 0.5) is 0 Å². The number of ketones is 1. The molecule has 0 radical (unpaired) electrons. The molecule has 1 N–H and O–H groups in total. The SMILES string of the molecule is O=C(CCC1CCCNC1)Cc1cn2ccsc2n1. The Bertz CT molecular complexity index is 525. The van der Waals surface area contributed by atoms with Crippen molar-refractivity contribution in [3.63, 3.8) is 0 Å². The van der Waals surface area contributed by atoms with E-state index < -0.39 is 0 Å². The first-order chi connectivity index (χ1) is 9.31. The highest BCUT2D eigenvalue weighted by atomic mass is 32.1. The summed E-state index contributed by atoms with van der Waals surface area (Å²) in [6.45, 7) is 2.21. The Hall–Kier alpha value is -1.20. The first kappa shape index (κ1) is 12.8. The molecule has 0 bridgehead atoms. The third-order valence-electron chi connectivity index (χ3n) is 3.75. The Balaban J connectivity index is 1.49. The van der Waals surface area contributed by atoms with Gasteiger partial charge in [-0.05, 0) is 38.3 Å². The molecule has 0 spiro atoms. The molecule has 1 aliphatic heterocycles. The van der Waals surface area contributed by atoms with Gasteiger partial charge < -0.3 is 5.32 Å². The number of aromatic nitrogens is 2. The third-order valence-corrected chi connectivity index (χ3v) is 4.52. The molecule has 0 saturated carbocycles. The molecule has 1 fully saturated rings. The lowest BCUT2D eigenvalue weighted by atomic mass is 9.93. The van der Waals surface area contributed by atoms with Crippen LogP contribution < -0.4 is 5.32 Å². The van der Waals surface area contributed by atoms with Crippen LogP contribution in [0.25, 0.3) is 4.96 Å². The topological polar surface area (TPSA) is 46.4 Å². The smallest absolute Gasteiger partial charge is 0.193 e. The number of Topliss-reactive ketones (excluding diaryl/α,β-unsaturated/α-hetero) is 1. The van der Waals surface area contributed by atoms with Gasteiger partial charge in [0, 0.05) is 24.2 Å². The standard InChI is InChI=1S/C14H19N3OS/c18-13(4-3-11-2-1-5-15-9-11)8-12-10-17-6-7-19-14(17)16-12/h6-7,10-11,15H,1-5,8-9H2. The number of nitrogens with one attached hydrogen (secondary N) is 1. The number of hydrogen-bond acceptors (Lipinski definition) is 4. The highest BCUT2D eigenvalue weighted by Crippen LogP contribution is 2.17. The second kappa shape index (κ2) is 5.84. The summed E-state index contributed by atoms with van der Waals surface area (Å²) in [4.78, 5) is 17.4. The Kier molecular flexibility index (Phi) is 3.94. The van der Waals surface area contributed by atoms with Gasteiger partial charge in [0.2, 0.25) is 0 Å². The van der Waals surface area contributed by atoms with Crippen LogP contribution in [-0.2, 0) is 11.2 Å². The van der Waals surface area contributed by atoms with Gasteiger partial charge in [0.1, 0.15) is 5.78 Å². The summed E-state index contributed by atoms with van der Waals surface area (Å²) < 4.78 is 1.98. The third kappa shape index (κ3) is 3.22. The van der Waals surface area contributed by atoms with Crippen LogP contribution in [0.5, 0.6) is 0 Å². The molecule has 1 aliphatic rings. The summed E-state index contributed by atoms with van der Waals surface area (Å²) in [5.74, 6) is 1.000. The highest BCUT2D eigenvalue weighted by molar-refractivity contribution is 7.15. The molecule has 0 aliphatic carbocycles. The lowest BCUT2D eigenvalue weighted by molar-refractivity contribution is -0.118. The second-order valence-electron chi connectivity index (χ2n) is 5.29. The number of nitrogens with zero attached hydrogens (tertiary/aromatic N) is 2. The van der Waals surface area contributed by atoms with E-state index in [-0.39, 0.29) is 0 Å². The van der Waals surface area contributed by atoms with Crippen LogP contribution in [-0.4, -0.2) is 28.3 Å². The molecule has 3 rings (SSSR count). The van der Waals surface area contributed by atoms with Crippen molar-refractivity contribution >= 4 is 22.1 Å². The van der Waals surface area contributed by atoms with E-state index in [0.717, 1.165) is 30.2 Å². The molecule has 2 aromatic heterocycles. The maximum atomic E-state index is 12.0. The maximum Gasteiger partial charge on any atom is 0.193 e. The molecule has 5 heteroatoms. The minimum Gasteiger partial charge on any atom is -0.316 e. The molecule has 2 aromatic rings. The number of hydrogen-bond donors (Lipinski definition) is 1. The van der Waals surface area contributed by atoms with Gasteiger partial charge in [-0.1, -0.05) is 0 Å². The number of rotatable bonds is 5. The van der Waals surface area contributed by atoms with Crippen molar-refractivity contribution in [2.24, 2.45) is 5.92 Å². The van der Waals surface area contributed by atoms with Gasteiger partial charge in [-0.2, -0.15) is 0 Å². The normalized spacial score (nSPS) is 19.9. The van der Waals surface area contributed by atoms with E-state index in [0.29, 0.717) is 24.5 Å². The fraction of sp³-hybridized carbons (Fsp3) is 0.571. The van der Waals surface area contributed by atoms with Gasteiger partial charge in [-0.25, -0.2) is 4.98 Å². The number of fused-ring (bicyclic) bond motifs is 1. The van der Waals surface area contributed by atoms with Gasteiger partial charge in [-0.3, -0.25) is 9.20 Å². The van der Waals surface area contributed by atoms with Crippen LogP contribution in [0.1, 0.15) is 31.4 Å². The van der Waals surface area contributed by atoms with Gasteiger partial charge in [0.25, 0.3) is 0 Å². The minimum absolute atomic E-state index is 0.316. The number of carbonyl (C=O) groups excluding carboxylic acids is 1. The zero-order valence-electron chi connectivity index (χ0n) is 11.0. The number of thiazole rings is 1. The van der Waals surface area contributed by atoms with Crippen molar-refractivity contribution in [1.82, 2.24) is 14.7 Å². The van der Waals surface area contributed by atoms with E-state index in [2.05, 4.69) is 10.3 Å². The molecule has 4 nitrogen and oxygen atoms in total. The second-order valence-corrected chi connectivity index (χ2v) is 6.16. The summed E-state index contributed by atoms with van der Waals surface area (Å²) >= 11 is 1.60. The van der Waals surface area contributed by atoms with Crippen LogP contribution >= 0.6 is 11.3 Å². The maximum absolute atomic E-state index is 12.0. The molecular formula is C14H19N3OS. The van der Waals surface area contributed by atoms with Crippen LogP contribution in [0.3, 0.4) is 0 Å². The molecular weight excluding hydrogens is 258 g/mol. The van der Waals surface area contributed by atoms with Crippen LogP contribution in [0.2, 0.25) is 0 Å². The molecule has 1 atom stereocenters. The van der Waals surface area contributed by atoms with E-state index in [1.54, 1.807) is 11.3 Å². The minimum atomic E-state index is 0.316. The van der Waals surface area contributed by atoms with Gasteiger partial charge in [0.15, 0.2) is 4.96 Å². The average molecular weight is 277 g/mol. The summed E-state index contributed by atoms with van der Waals surface area (Å²) in [7, 11) is 0. The van der Waals surface area contributed by atoms with Crippen molar-refractivity contribution in [2.75, 3.05) is 13.1 Å². The van der Waals surface area contributed by atoms with E-state index in [4.69, 9.17) is 0 Å². The number of imidazole rings is 1. The highest BCUT2D eigenvalue weighted by Gasteiger charge is 2.15. The van der Waals surface area contributed by atoms with Gasteiger partial charge in [-0.15, -0.1) is 11.3 Å². The Morgan fingerprint density at radius 1 is 1.58 bits per heavy atom. The van der Waals surface area contributed by atoms with Crippen molar-refractivity contribution < 1.29 is 4.79 Å². The Morgan fingerprint density at radius 3 is 3.32 bits per heavy atom. The predicted octanol–water partition coefficient (Wildman–Crippen LogP) is 2.29. The van der Waals surface area contributed by atoms with E-state index in [9.17, 15) is 4.79 Å². The molecule has 19 heavy (non-hydrogen) atoms. The fourth-order valence-electron chi connectivity index (χ4n) is 2.69. The molecule has 0 amide bonds. The fourth-order valence-corrected chi connectivity index (χ4v) is 3.41. The lowest BCUT2D eigenvalue weighted by Gasteiger charge is -2.22. The summed E-state index contributed by atoms with van der Waals surface area (Å²) in [6, 6.07) is 0. The lowest BCUT2D eigenvalue weighted by Crippen LogP contribution is -2.30. The van der Waals surface area contributed by atoms with Crippen molar-refractivity contribution in [2.45, 2.75) is 32.1 Å². The van der Waals surface area contributed by atoms with Crippen LogP contribution in [0.15, 0.2) is 17.8 Å². The molecule has 3 heterocycles. The monoisotopic (exact) mass is 277 g/mol. The van der Waals surface area contributed by atoms with E-state index in [1.165, 1.54) is 12.8 Å². The average Bonchev–Trinajstić information content (AvgIpc) is 2.98. The van der Waals surface area contributed by atoms with Crippen LogP contribution in [0, 0.1) is 5.92 Å². The van der Waals surface area contributed by atoms with Crippen molar-refractivity contribution in [3.05, 3.63) is 23.5 Å². The molecule has 0 aromatic carbocycles. The first-order valence-electron chi connectivity index (χ1n) is 6.95. The zero-order valence-corrected chi connectivity index (χ0v) is 11.8. The Labute approximate surface area is 116 Å². The molecule has 1 unspecified atom stereocenters. The molecule has 1 saturated heterocycles. The van der Waals surface area contributed by atoms with E-state index in [1.807, 2.05) is 22.2 Å². The Morgan fingerprint density at radius 2 is 2.53 bits per heavy atom. The van der Waals surface area contributed by atoms with Crippen molar-refractivity contribution in [3.8, 4) is 0 Å².